The number of halogens is 3. The van der Waals surface area contributed by atoms with Crippen LogP contribution in [0.3, 0.4) is 0 Å². The highest BCUT2D eigenvalue weighted by Crippen LogP contribution is 2.19. The fourth-order valence-electron chi connectivity index (χ4n) is 1.76. The van der Waals surface area contributed by atoms with Gasteiger partial charge in [0.1, 0.15) is 6.54 Å². The monoisotopic (exact) mass is 288 g/mol. The highest BCUT2D eigenvalue weighted by Gasteiger charge is 2.32. The molecule has 1 amide bonds. The van der Waals surface area contributed by atoms with Gasteiger partial charge in [0.15, 0.2) is 0 Å². The molecule has 0 aliphatic rings. The van der Waals surface area contributed by atoms with E-state index in [1.807, 2.05) is 0 Å². The molecule has 1 atom stereocenters. The SMILES string of the molecule is CC(N)CCC(=O)N(Cc1ccccc1)CC(F)(F)F. The van der Waals surface area contributed by atoms with E-state index in [2.05, 4.69) is 0 Å². The van der Waals surface area contributed by atoms with Crippen molar-refractivity contribution >= 4 is 5.91 Å². The summed E-state index contributed by atoms with van der Waals surface area (Å²) in [6.07, 6.45) is -4.00. The second-order valence-electron chi connectivity index (χ2n) is 4.87. The molecule has 0 bridgehead atoms. The fraction of sp³-hybridized carbons (Fsp3) is 0.500. The molecule has 3 nitrogen and oxygen atoms in total. The van der Waals surface area contributed by atoms with Crippen LogP contribution in [0.1, 0.15) is 25.3 Å². The van der Waals surface area contributed by atoms with E-state index in [0.717, 1.165) is 4.90 Å². The van der Waals surface area contributed by atoms with Gasteiger partial charge in [-0.25, -0.2) is 0 Å². The number of hydrogen-bond donors (Lipinski definition) is 1. The second-order valence-corrected chi connectivity index (χ2v) is 4.87. The van der Waals surface area contributed by atoms with Crippen molar-refractivity contribution in [3.05, 3.63) is 35.9 Å². The van der Waals surface area contributed by atoms with E-state index < -0.39 is 18.6 Å². The van der Waals surface area contributed by atoms with Crippen LogP contribution in [0.5, 0.6) is 0 Å². The molecule has 0 radical (unpaired) electrons. The molecule has 1 unspecified atom stereocenters. The summed E-state index contributed by atoms with van der Waals surface area (Å²) in [5.41, 5.74) is 6.20. The summed E-state index contributed by atoms with van der Waals surface area (Å²) in [6, 6.07) is 8.42. The predicted octanol–water partition coefficient (Wildman–Crippen LogP) is 2.70. The van der Waals surface area contributed by atoms with Crippen LogP contribution in [-0.4, -0.2) is 29.6 Å². The summed E-state index contributed by atoms with van der Waals surface area (Å²) in [5.74, 6) is -0.525. The Morgan fingerprint density at radius 2 is 1.90 bits per heavy atom. The van der Waals surface area contributed by atoms with Gasteiger partial charge in [-0.1, -0.05) is 30.3 Å². The van der Waals surface area contributed by atoms with Crippen LogP contribution in [0, 0.1) is 0 Å². The summed E-state index contributed by atoms with van der Waals surface area (Å²) < 4.78 is 37.6. The highest BCUT2D eigenvalue weighted by atomic mass is 19.4. The van der Waals surface area contributed by atoms with Gasteiger partial charge in [0.2, 0.25) is 5.91 Å². The van der Waals surface area contributed by atoms with Crippen LogP contribution < -0.4 is 5.73 Å². The summed E-state index contributed by atoms with van der Waals surface area (Å²) >= 11 is 0. The van der Waals surface area contributed by atoms with Crippen molar-refractivity contribution in [2.45, 2.75) is 38.5 Å². The topological polar surface area (TPSA) is 46.3 Å². The smallest absolute Gasteiger partial charge is 0.329 e. The van der Waals surface area contributed by atoms with Crippen molar-refractivity contribution in [3.63, 3.8) is 0 Å². The average molecular weight is 288 g/mol. The van der Waals surface area contributed by atoms with Gasteiger partial charge in [0.05, 0.1) is 0 Å². The number of benzene rings is 1. The fourth-order valence-corrected chi connectivity index (χ4v) is 1.76. The third kappa shape index (κ3) is 6.56. The summed E-state index contributed by atoms with van der Waals surface area (Å²) in [7, 11) is 0. The van der Waals surface area contributed by atoms with Crippen LogP contribution >= 0.6 is 0 Å². The van der Waals surface area contributed by atoms with E-state index in [1.165, 1.54) is 0 Å². The van der Waals surface area contributed by atoms with Gasteiger partial charge >= 0.3 is 6.18 Å². The maximum atomic E-state index is 12.5. The van der Waals surface area contributed by atoms with Crippen LogP contribution in [-0.2, 0) is 11.3 Å². The number of carbonyl (C=O) groups is 1. The van der Waals surface area contributed by atoms with Crippen LogP contribution in [0.2, 0.25) is 0 Å². The lowest BCUT2D eigenvalue weighted by molar-refractivity contribution is -0.162. The van der Waals surface area contributed by atoms with Crippen molar-refractivity contribution in [1.82, 2.24) is 4.90 Å². The number of alkyl halides is 3. The van der Waals surface area contributed by atoms with Crippen molar-refractivity contribution in [2.24, 2.45) is 5.73 Å². The average Bonchev–Trinajstić information content (AvgIpc) is 2.34. The van der Waals surface area contributed by atoms with Crippen LogP contribution in [0.25, 0.3) is 0 Å². The molecule has 0 saturated carbocycles. The molecule has 0 aliphatic carbocycles. The van der Waals surface area contributed by atoms with E-state index in [-0.39, 0.29) is 19.0 Å². The molecule has 0 aromatic heterocycles. The van der Waals surface area contributed by atoms with Crippen LogP contribution in [0.4, 0.5) is 13.2 Å². The molecule has 2 N–H and O–H groups in total. The zero-order valence-electron chi connectivity index (χ0n) is 11.4. The Labute approximate surface area is 116 Å². The molecule has 0 heterocycles. The van der Waals surface area contributed by atoms with E-state index >= 15 is 0 Å². The maximum Gasteiger partial charge on any atom is 0.406 e. The predicted molar refractivity (Wildman–Crippen MR) is 70.8 cm³/mol. The first-order valence-corrected chi connectivity index (χ1v) is 6.42. The number of nitrogens with two attached hydrogens (primary N) is 1. The van der Waals surface area contributed by atoms with Gasteiger partial charge in [-0.05, 0) is 18.9 Å². The van der Waals surface area contributed by atoms with Crippen molar-refractivity contribution in [1.29, 1.82) is 0 Å². The van der Waals surface area contributed by atoms with Gasteiger partial charge in [0, 0.05) is 19.0 Å². The molecule has 1 aromatic carbocycles. The molecule has 1 rings (SSSR count). The van der Waals surface area contributed by atoms with Crippen LogP contribution in [0.15, 0.2) is 30.3 Å². The maximum absolute atomic E-state index is 12.5. The molecule has 112 valence electrons. The van der Waals surface area contributed by atoms with Gasteiger partial charge in [0.25, 0.3) is 0 Å². The lowest BCUT2D eigenvalue weighted by Crippen LogP contribution is -2.38. The van der Waals surface area contributed by atoms with E-state index in [0.29, 0.717) is 12.0 Å². The van der Waals surface area contributed by atoms with E-state index in [4.69, 9.17) is 5.73 Å². The number of nitrogens with zero attached hydrogens (tertiary/aromatic N) is 1. The zero-order valence-corrected chi connectivity index (χ0v) is 11.4. The Bertz CT molecular complexity index is 418. The normalized spacial score (nSPS) is 13.1. The highest BCUT2D eigenvalue weighted by molar-refractivity contribution is 5.76. The summed E-state index contributed by atoms with van der Waals surface area (Å²) in [5, 5.41) is 0. The van der Waals surface area contributed by atoms with Crippen molar-refractivity contribution in [3.8, 4) is 0 Å². The standard InChI is InChI=1S/C14H19F3N2O/c1-11(18)7-8-13(20)19(10-14(15,16)17)9-12-5-3-2-4-6-12/h2-6,11H,7-10,18H2,1H3. The molecule has 0 fully saturated rings. The Kier molecular flexibility index (Phi) is 6.01. The van der Waals surface area contributed by atoms with Gasteiger partial charge in [-0.15, -0.1) is 0 Å². The third-order valence-corrected chi connectivity index (χ3v) is 2.75. The number of carbonyl (C=O) groups excluding carboxylic acids is 1. The molecule has 20 heavy (non-hydrogen) atoms. The van der Waals surface area contributed by atoms with Crippen molar-refractivity contribution < 1.29 is 18.0 Å². The van der Waals surface area contributed by atoms with E-state index in [9.17, 15) is 18.0 Å². The molecular formula is C14H19F3N2O. The molecule has 0 aliphatic heterocycles. The first-order chi connectivity index (χ1) is 9.28. The second kappa shape index (κ2) is 7.28. The minimum atomic E-state index is -4.40. The molecule has 1 aromatic rings. The number of amides is 1. The largest absolute Gasteiger partial charge is 0.406 e. The first kappa shape index (κ1) is 16.5. The Hall–Kier alpha value is -1.56. The lowest BCUT2D eigenvalue weighted by atomic mass is 10.1. The minimum Gasteiger partial charge on any atom is -0.329 e. The third-order valence-electron chi connectivity index (χ3n) is 2.75. The molecule has 0 spiro atoms. The number of hydrogen-bond acceptors (Lipinski definition) is 2. The van der Waals surface area contributed by atoms with Gasteiger partial charge in [-0.3, -0.25) is 4.79 Å². The Morgan fingerprint density at radius 1 is 1.30 bits per heavy atom. The molecule has 6 heteroatoms. The van der Waals surface area contributed by atoms with Gasteiger partial charge < -0.3 is 10.6 Å². The molecule has 0 saturated heterocycles. The Balaban J connectivity index is 2.72. The molecular weight excluding hydrogens is 269 g/mol. The first-order valence-electron chi connectivity index (χ1n) is 6.42. The summed E-state index contributed by atoms with van der Waals surface area (Å²) in [6.45, 7) is 0.441. The summed E-state index contributed by atoms with van der Waals surface area (Å²) in [4.78, 5) is 12.7. The quantitative estimate of drug-likeness (QED) is 0.875. The lowest BCUT2D eigenvalue weighted by Gasteiger charge is -2.24. The van der Waals surface area contributed by atoms with Gasteiger partial charge in [-0.2, -0.15) is 13.2 Å². The van der Waals surface area contributed by atoms with E-state index in [1.54, 1.807) is 37.3 Å². The zero-order chi connectivity index (χ0) is 15.2. The minimum absolute atomic E-state index is 0.0284. The van der Waals surface area contributed by atoms with Crippen molar-refractivity contribution in [2.75, 3.05) is 6.54 Å². The Morgan fingerprint density at radius 3 is 2.40 bits per heavy atom. The number of rotatable bonds is 6.